The minimum absolute atomic E-state index is 0.136. The molecule has 0 aromatic heterocycles. The fourth-order valence-electron chi connectivity index (χ4n) is 2.39. The van der Waals surface area contributed by atoms with Crippen molar-refractivity contribution in [1.29, 1.82) is 0 Å². The second-order valence-electron chi connectivity index (χ2n) is 5.30. The van der Waals surface area contributed by atoms with Crippen LogP contribution in [0.4, 0.5) is 0 Å². The van der Waals surface area contributed by atoms with Gasteiger partial charge >= 0.3 is 0 Å². The normalized spacial score (nSPS) is 15.6. The first-order valence-electron chi connectivity index (χ1n) is 6.86. The van der Waals surface area contributed by atoms with Crippen molar-refractivity contribution in [3.8, 4) is 0 Å². The standard InChI is InChI=1S/C16H22N2O/c1-17(2)13-15-8-4-3-7-14(15)9-10-16(19)18-11-5-6-12-18/h3-4,7-10H,5-6,11-13H2,1-2H3/b10-9+. The zero-order valence-corrected chi connectivity index (χ0v) is 11.8. The Morgan fingerprint density at radius 3 is 2.63 bits per heavy atom. The van der Waals surface area contributed by atoms with Gasteiger partial charge in [-0.1, -0.05) is 24.3 Å². The van der Waals surface area contributed by atoms with Gasteiger partial charge in [-0.05, 0) is 44.1 Å². The minimum Gasteiger partial charge on any atom is -0.339 e. The van der Waals surface area contributed by atoms with Crippen LogP contribution in [0.15, 0.2) is 30.3 Å². The van der Waals surface area contributed by atoms with E-state index in [-0.39, 0.29) is 5.91 Å². The largest absolute Gasteiger partial charge is 0.339 e. The summed E-state index contributed by atoms with van der Waals surface area (Å²) >= 11 is 0. The number of hydrogen-bond donors (Lipinski definition) is 0. The number of nitrogens with zero attached hydrogens (tertiary/aromatic N) is 2. The lowest BCUT2D eigenvalue weighted by molar-refractivity contribution is -0.124. The van der Waals surface area contributed by atoms with E-state index in [1.165, 1.54) is 5.56 Å². The molecule has 1 aliphatic heterocycles. The Morgan fingerprint density at radius 2 is 1.95 bits per heavy atom. The highest BCUT2D eigenvalue weighted by atomic mass is 16.2. The summed E-state index contributed by atoms with van der Waals surface area (Å²) in [5, 5.41) is 0. The van der Waals surface area contributed by atoms with Gasteiger partial charge in [0.1, 0.15) is 0 Å². The first-order chi connectivity index (χ1) is 9.16. The highest BCUT2D eigenvalue weighted by Crippen LogP contribution is 2.13. The number of benzene rings is 1. The molecule has 1 amide bonds. The van der Waals surface area contributed by atoms with E-state index in [9.17, 15) is 4.79 Å². The predicted molar refractivity (Wildman–Crippen MR) is 78.7 cm³/mol. The number of carbonyl (C=O) groups is 1. The quantitative estimate of drug-likeness (QED) is 0.774. The number of rotatable bonds is 4. The Hall–Kier alpha value is -1.61. The maximum atomic E-state index is 12.0. The van der Waals surface area contributed by atoms with Crippen molar-refractivity contribution >= 4 is 12.0 Å². The third kappa shape index (κ3) is 3.93. The van der Waals surface area contributed by atoms with Gasteiger partial charge in [0.25, 0.3) is 0 Å². The van der Waals surface area contributed by atoms with Crippen molar-refractivity contribution in [3.05, 3.63) is 41.5 Å². The molecule has 1 aromatic rings. The lowest BCUT2D eigenvalue weighted by Gasteiger charge is -2.13. The van der Waals surface area contributed by atoms with Gasteiger partial charge in [-0.3, -0.25) is 4.79 Å². The van der Waals surface area contributed by atoms with Gasteiger partial charge in [0.2, 0.25) is 5.91 Å². The molecule has 2 rings (SSSR count). The number of carbonyl (C=O) groups excluding carboxylic acids is 1. The SMILES string of the molecule is CN(C)Cc1ccccc1/C=C/C(=O)N1CCCC1. The van der Waals surface area contributed by atoms with Crippen molar-refractivity contribution in [1.82, 2.24) is 9.80 Å². The van der Waals surface area contributed by atoms with Gasteiger partial charge in [0, 0.05) is 25.7 Å². The van der Waals surface area contributed by atoms with Crippen LogP contribution >= 0.6 is 0 Å². The summed E-state index contributed by atoms with van der Waals surface area (Å²) < 4.78 is 0. The Balaban J connectivity index is 2.07. The maximum absolute atomic E-state index is 12.0. The second kappa shape index (κ2) is 6.53. The summed E-state index contributed by atoms with van der Waals surface area (Å²) in [5.41, 5.74) is 2.38. The monoisotopic (exact) mass is 258 g/mol. The number of hydrogen-bond acceptors (Lipinski definition) is 2. The molecule has 0 spiro atoms. The fraction of sp³-hybridized carbons (Fsp3) is 0.438. The fourth-order valence-corrected chi connectivity index (χ4v) is 2.39. The lowest BCUT2D eigenvalue weighted by atomic mass is 10.1. The molecule has 3 heteroatoms. The van der Waals surface area contributed by atoms with E-state index < -0.39 is 0 Å². The molecule has 1 saturated heterocycles. The molecule has 0 saturated carbocycles. The summed E-state index contributed by atoms with van der Waals surface area (Å²) in [6, 6.07) is 8.23. The van der Waals surface area contributed by atoms with Crippen LogP contribution in [-0.4, -0.2) is 42.9 Å². The van der Waals surface area contributed by atoms with Crippen LogP contribution in [-0.2, 0) is 11.3 Å². The first kappa shape index (κ1) is 13.8. The maximum Gasteiger partial charge on any atom is 0.246 e. The molecule has 1 aromatic carbocycles. The Morgan fingerprint density at radius 1 is 1.26 bits per heavy atom. The lowest BCUT2D eigenvalue weighted by Crippen LogP contribution is -2.25. The molecule has 102 valence electrons. The molecule has 0 N–H and O–H groups in total. The third-order valence-electron chi connectivity index (χ3n) is 3.36. The second-order valence-corrected chi connectivity index (χ2v) is 5.30. The Kier molecular flexibility index (Phi) is 4.74. The summed E-state index contributed by atoms with van der Waals surface area (Å²) in [7, 11) is 4.10. The van der Waals surface area contributed by atoms with Crippen LogP contribution < -0.4 is 0 Å². The van der Waals surface area contributed by atoms with E-state index in [1.54, 1.807) is 6.08 Å². The molecule has 1 heterocycles. The third-order valence-corrected chi connectivity index (χ3v) is 3.36. The minimum atomic E-state index is 0.136. The van der Waals surface area contributed by atoms with Crippen LogP contribution in [0.5, 0.6) is 0 Å². The Bertz CT molecular complexity index is 460. The van der Waals surface area contributed by atoms with Gasteiger partial charge in [-0.15, -0.1) is 0 Å². The molecule has 0 atom stereocenters. The summed E-state index contributed by atoms with van der Waals surface area (Å²) in [6.45, 7) is 2.70. The molecule has 0 radical (unpaired) electrons. The Labute approximate surface area is 115 Å². The van der Waals surface area contributed by atoms with E-state index in [4.69, 9.17) is 0 Å². The molecule has 0 aliphatic carbocycles. The molecular weight excluding hydrogens is 236 g/mol. The zero-order valence-electron chi connectivity index (χ0n) is 11.8. The van der Waals surface area contributed by atoms with Crippen LogP contribution in [0.1, 0.15) is 24.0 Å². The van der Waals surface area contributed by atoms with E-state index in [0.29, 0.717) is 0 Å². The van der Waals surface area contributed by atoms with Crippen molar-refractivity contribution in [3.63, 3.8) is 0 Å². The number of amides is 1. The van der Waals surface area contributed by atoms with Crippen molar-refractivity contribution in [2.24, 2.45) is 0 Å². The van der Waals surface area contributed by atoms with E-state index in [0.717, 1.165) is 38.0 Å². The van der Waals surface area contributed by atoms with E-state index >= 15 is 0 Å². The van der Waals surface area contributed by atoms with E-state index in [1.807, 2.05) is 23.1 Å². The van der Waals surface area contributed by atoms with Crippen molar-refractivity contribution < 1.29 is 4.79 Å². The molecule has 1 aliphatic rings. The van der Waals surface area contributed by atoms with Gasteiger partial charge in [-0.25, -0.2) is 0 Å². The average Bonchev–Trinajstić information content (AvgIpc) is 2.90. The summed E-state index contributed by atoms with van der Waals surface area (Å²) in [6.07, 6.45) is 5.92. The molecule has 0 unspecified atom stereocenters. The number of likely N-dealkylation sites (tertiary alicyclic amines) is 1. The molecular formula is C16H22N2O. The summed E-state index contributed by atoms with van der Waals surface area (Å²) in [5.74, 6) is 0.136. The first-order valence-corrected chi connectivity index (χ1v) is 6.86. The molecule has 1 fully saturated rings. The van der Waals surface area contributed by atoms with Crippen LogP contribution in [0, 0.1) is 0 Å². The molecule has 3 nitrogen and oxygen atoms in total. The van der Waals surface area contributed by atoms with E-state index in [2.05, 4.69) is 31.1 Å². The average molecular weight is 258 g/mol. The highest BCUT2D eigenvalue weighted by Gasteiger charge is 2.15. The topological polar surface area (TPSA) is 23.6 Å². The van der Waals surface area contributed by atoms with Gasteiger partial charge in [0.15, 0.2) is 0 Å². The molecule has 19 heavy (non-hydrogen) atoms. The summed E-state index contributed by atoms with van der Waals surface area (Å²) in [4.78, 5) is 16.0. The molecule has 0 bridgehead atoms. The predicted octanol–water partition coefficient (Wildman–Crippen LogP) is 2.38. The zero-order chi connectivity index (χ0) is 13.7. The van der Waals surface area contributed by atoms with Gasteiger partial charge in [0.05, 0.1) is 0 Å². The van der Waals surface area contributed by atoms with Crippen LogP contribution in [0.25, 0.3) is 6.08 Å². The van der Waals surface area contributed by atoms with Gasteiger partial charge in [-0.2, -0.15) is 0 Å². The smallest absolute Gasteiger partial charge is 0.246 e. The van der Waals surface area contributed by atoms with Crippen LogP contribution in [0.2, 0.25) is 0 Å². The van der Waals surface area contributed by atoms with Crippen LogP contribution in [0.3, 0.4) is 0 Å². The van der Waals surface area contributed by atoms with Gasteiger partial charge < -0.3 is 9.80 Å². The van der Waals surface area contributed by atoms with Crippen molar-refractivity contribution in [2.45, 2.75) is 19.4 Å². The van der Waals surface area contributed by atoms with Crippen molar-refractivity contribution in [2.75, 3.05) is 27.2 Å². The highest BCUT2D eigenvalue weighted by molar-refractivity contribution is 5.92.